The molecule has 0 bridgehead atoms. The summed E-state index contributed by atoms with van der Waals surface area (Å²) >= 11 is 0. The van der Waals surface area contributed by atoms with Crippen LogP contribution in [0.3, 0.4) is 0 Å². The Kier molecular flexibility index (Phi) is 4.28. The summed E-state index contributed by atoms with van der Waals surface area (Å²) in [7, 11) is 0. The maximum atomic E-state index is 11.8. The van der Waals surface area contributed by atoms with E-state index in [0.29, 0.717) is 0 Å². The zero-order valence-electron chi connectivity index (χ0n) is 12.3. The summed E-state index contributed by atoms with van der Waals surface area (Å²) < 4.78 is 0. The van der Waals surface area contributed by atoms with Gasteiger partial charge in [0.25, 0.3) is 0 Å². The van der Waals surface area contributed by atoms with Crippen molar-refractivity contribution >= 4 is 5.91 Å². The van der Waals surface area contributed by atoms with Crippen LogP contribution in [0.25, 0.3) is 0 Å². The van der Waals surface area contributed by atoms with Crippen LogP contribution in [0.15, 0.2) is 24.3 Å². The van der Waals surface area contributed by atoms with Gasteiger partial charge in [0.15, 0.2) is 0 Å². The first kappa shape index (κ1) is 14.1. The van der Waals surface area contributed by atoms with Gasteiger partial charge in [-0.2, -0.15) is 0 Å². The standard InChI is InChI=1S/C17H25NO/c1-13(2)16(19)18-12-17(10-4-5-11-17)15-8-6-14(3)7-9-15/h6-9,13H,4-5,10-12H2,1-3H3,(H,18,19). The molecule has 2 heteroatoms. The fourth-order valence-corrected chi connectivity index (χ4v) is 2.99. The number of hydrogen-bond donors (Lipinski definition) is 1. The Balaban J connectivity index is 2.14. The van der Waals surface area contributed by atoms with Crippen molar-refractivity contribution in [3.8, 4) is 0 Å². The lowest BCUT2D eigenvalue weighted by Crippen LogP contribution is -2.40. The van der Waals surface area contributed by atoms with E-state index in [-0.39, 0.29) is 17.2 Å². The van der Waals surface area contributed by atoms with E-state index in [1.54, 1.807) is 0 Å². The van der Waals surface area contributed by atoms with E-state index < -0.39 is 0 Å². The van der Waals surface area contributed by atoms with Crippen LogP contribution in [-0.4, -0.2) is 12.5 Å². The molecule has 1 aromatic carbocycles. The number of amides is 1. The number of carbonyl (C=O) groups excluding carboxylic acids is 1. The Hall–Kier alpha value is -1.31. The predicted molar refractivity (Wildman–Crippen MR) is 79.2 cm³/mol. The van der Waals surface area contributed by atoms with Gasteiger partial charge in [-0.3, -0.25) is 4.79 Å². The second-order valence-corrected chi connectivity index (χ2v) is 6.23. The van der Waals surface area contributed by atoms with E-state index in [4.69, 9.17) is 0 Å². The van der Waals surface area contributed by atoms with Crippen molar-refractivity contribution in [3.05, 3.63) is 35.4 Å². The van der Waals surface area contributed by atoms with Crippen LogP contribution in [0.5, 0.6) is 0 Å². The largest absolute Gasteiger partial charge is 0.355 e. The molecule has 0 atom stereocenters. The molecule has 0 spiro atoms. The topological polar surface area (TPSA) is 29.1 Å². The van der Waals surface area contributed by atoms with Gasteiger partial charge in [0.1, 0.15) is 0 Å². The monoisotopic (exact) mass is 259 g/mol. The maximum absolute atomic E-state index is 11.8. The summed E-state index contributed by atoms with van der Waals surface area (Å²) in [6.07, 6.45) is 4.92. The summed E-state index contributed by atoms with van der Waals surface area (Å²) in [6.45, 7) is 6.80. The van der Waals surface area contributed by atoms with Crippen LogP contribution < -0.4 is 5.32 Å². The molecule has 0 saturated heterocycles. The molecule has 1 saturated carbocycles. The van der Waals surface area contributed by atoms with Crippen molar-refractivity contribution in [2.45, 2.75) is 51.9 Å². The molecule has 104 valence electrons. The third-order valence-corrected chi connectivity index (χ3v) is 4.35. The van der Waals surface area contributed by atoms with E-state index in [9.17, 15) is 4.79 Å². The smallest absolute Gasteiger partial charge is 0.222 e. The van der Waals surface area contributed by atoms with Gasteiger partial charge in [-0.15, -0.1) is 0 Å². The summed E-state index contributed by atoms with van der Waals surface area (Å²) in [5, 5.41) is 3.14. The second-order valence-electron chi connectivity index (χ2n) is 6.23. The molecule has 19 heavy (non-hydrogen) atoms. The van der Waals surface area contributed by atoms with E-state index in [2.05, 4.69) is 36.5 Å². The van der Waals surface area contributed by atoms with Crippen molar-refractivity contribution in [1.29, 1.82) is 0 Å². The lowest BCUT2D eigenvalue weighted by molar-refractivity contribution is -0.124. The summed E-state index contributed by atoms with van der Waals surface area (Å²) in [5.41, 5.74) is 2.85. The first-order valence-electron chi connectivity index (χ1n) is 7.38. The third kappa shape index (κ3) is 3.17. The molecule has 2 nitrogen and oxygen atoms in total. The molecule has 0 radical (unpaired) electrons. The summed E-state index contributed by atoms with van der Waals surface area (Å²) in [6, 6.07) is 8.84. The number of nitrogens with one attached hydrogen (secondary N) is 1. The van der Waals surface area contributed by atoms with E-state index in [1.807, 2.05) is 13.8 Å². The van der Waals surface area contributed by atoms with Crippen molar-refractivity contribution in [3.63, 3.8) is 0 Å². The van der Waals surface area contributed by atoms with Crippen molar-refractivity contribution in [2.24, 2.45) is 5.92 Å². The van der Waals surface area contributed by atoms with Crippen LogP contribution in [0, 0.1) is 12.8 Å². The van der Waals surface area contributed by atoms with Crippen LogP contribution in [0.4, 0.5) is 0 Å². The average Bonchev–Trinajstić information content (AvgIpc) is 2.86. The van der Waals surface area contributed by atoms with Crippen LogP contribution in [0.1, 0.15) is 50.7 Å². The molecule has 0 heterocycles. The number of benzene rings is 1. The molecular formula is C17H25NO. The third-order valence-electron chi connectivity index (χ3n) is 4.35. The molecule has 1 aliphatic carbocycles. The van der Waals surface area contributed by atoms with Gasteiger partial charge < -0.3 is 5.32 Å². The van der Waals surface area contributed by atoms with Gasteiger partial charge in [-0.05, 0) is 25.3 Å². The first-order valence-corrected chi connectivity index (χ1v) is 7.38. The highest BCUT2D eigenvalue weighted by Gasteiger charge is 2.35. The summed E-state index contributed by atoms with van der Waals surface area (Å²) in [4.78, 5) is 11.8. The lowest BCUT2D eigenvalue weighted by atomic mass is 9.78. The van der Waals surface area contributed by atoms with Crippen molar-refractivity contribution in [1.82, 2.24) is 5.32 Å². The molecule has 1 fully saturated rings. The van der Waals surface area contributed by atoms with E-state index in [0.717, 1.165) is 6.54 Å². The normalized spacial score (nSPS) is 17.7. The highest BCUT2D eigenvalue weighted by Crippen LogP contribution is 2.40. The fourth-order valence-electron chi connectivity index (χ4n) is 2.99. The predicted octanol–water partition coefficient (Wildman–Crippen LogP) is 3.58. The van der Waals surface area contributed by atoms with Gasteiger partial charge in [-0.25, -0.2) is 0 Å². The molecular weight excluding hydrogens is 234 g/mol. The second kappa shape index (κ2) is 5.77. The van der Waals surface area contributed by atoms with Crippen LogP contribution in [0.2, 0.25) is 0 Å². The number of aryl methyl sites for hydroxylation is 1. The molecule has 1 aromatic rings. The Bertz CT molecular complexity index is 427. The molecule has 0 aromatic heterocycles. The molecule has 2 rings (SSSR count). The van der Waals surface area contributed by atoms with E-state index >= 15 is 0 Å². The summed E-state index contributed by atoms with van der Waals surface area (Å²) in [5.74, 6) is 0.231. The highest BCUT2D eigenvalue weighted by atomic mass is 16.1. The maximum Gasteiger partial charge on any atom is 0.222 e. The Morgan fingerprint density at radius 1 is 1.21 bits per heavy atom. The molecule has 1 N–H and O–H groups in total. The Morgan fingerprint density at radius 2 is 1.79 bits per heavy atom. The van der Waals surface area contributed by atoms with Gasteiger partial charge >= 0.3 is 0 Å². The van der Waals surface area contributed by atoms with Gasteiger partial charge in [0.2, 0.25) is 5.91 Å². The minimum Gasteiger partial charge on any atom is -0.355 e. The zero-order chi connectivity index (χ0) is 13.9. The van der Waals surface area contributed by atoms with Gasteiger partial charge in [0.05, 0.1) is 0 Å². The van der Waals surface area contributed by atoms with Crippen LogP contribution in [-0.2, 0) is 10.2 Å². The lowest BCUT2D eigenvalue weighted by Gasteiger charge is -2.30. The fraction of sp³-hybridized carbons (Fsp3) is 0.588. The Morgan fingerprint density at radius 3 is 2.32 bits per heavy atom. The SMILES string of the molecule is Cc1ccc(C2(CNC(=O)C(C)C)CCCC2)cc1. The number of hydrogen-bond acceptors (Lipinski definition) is 1. The average molecular weight is 259 g/mol. The minimum atomic E-state index is 0.0662. The van der Waals surface area contributed by atoms with Gasteiger partial charge in [-0.1, -0.05) is 56.5 Å². The van der Waals surface area contributed by atoms with Gasteiger partial charge in [0, 0.05) is 17.9 Å². The number of carbonyl (C=O) groups is 1. The molecule has 0 unspecified atom stereocenters. The van der Waals surface area contributed by atoms with Crippen molar-refractivity contribution in [2.75, 3.05) is 6.54 Å². The molecule has 1 amide bonds. The van der Waals surface area contributed by atoms with Crippen molar-refractivity contribution < 1.29 is 4.79 Å². The Labute approximate surface area is 116 Å². The first-order chi connectivity index (χ1) is 9.03. The zero-order valence-corrected chi connectivity index (χ0v) is 12.3. The van der Waals surface area contributed by atoms with E-state index in [1.165, 1.54) is 36.8 Å². The minimum absolute atomic E-state index is 0.0662. The van der Waals surface area contributed by atoms with Crippen LogP contribution >= 0.6 is 0 Å². The quantitative estimate of drug-likeness (QED) is 0.880. The molecule has 0 aliphatic heterocycles. The molecule has 1 aliphatic rings. The number of rotatable bonds is 4. The highest BCUT2D eigenvalue weighted by molar-refractivity contribution is 5.77.